The Bertz CT molecular complexity index is 982. The number of nitriles is 1. The molecular formula is C19H21N3O5S. The van der Waals surface area contributed by atoms with Crippen molar-refractivity contribution in [3.05, 3.63) is 53.6 Å². The molecule has 0 radical (unpaired) electrons. The molecule has 0 heterocycles. The Balaban J connectivity index is 2.03. The van der Waals surface area contributed by atoms with E-state index in [1.807, 2.05) is 6.07 Å². The van der Waals surface area contributed by atoms with Gasteiger partial charge in [-0.3, -0.25) is 4.79 Å². The molecule has 9 heteroatoms. The Kier molecular flexibility index (Phi) is 6.98. The van der Waals surface area contributed by atoms with Crippen molar-refractivity contribution in [2.75, 3.05) is 27.8 Å². The van der Waals surface area contributed by atoms with Crippen LogP contribution < -0.4 is 14.8 Å². The number of carbonyl (C=O) groups is 1. The average Bonchev–Trinajstić information content (AvgIpc) is 2.71. The number of likely N-dealkylation sites (N-methyl/N-ethyl adjacent to an activating group) is 1. The maximum atomic E-state index is 12.6. The molecule has 2 rings (SSSR count). The molecule has 0 atom stereocenters. The monoisotopic (exact) mass is 403 g/mol. The molecule has 28 heavy (non-hydrogen) atoms. The molecule has 0 unspecified atom stereocenters. The van der Waals surface area contributed by atoms with Gasteiger partial charge in [-0.05, 0) is 42.5 Å². The van der Waals surface area contributed by atoms with Crippen LogP contribution >= 0.6 is 0 Å². The highest BCUT2D eigenvalue weighted by molar-refractivity contribution is 7.89. The molecule has 2 aromatic carbocycles. The lowest BCUT2D eigenvalue weighted by atomic mass is 10.2. The molecule has 8 nitrogen and oxygen atoms in total. The molecule has 0 aliphatic carbocycles. The van der Waals surface area contributed by atoms with Gasteiger partial charge in [0.1, 0.15) is 11.5 Å². The molecule has 148 valence electrons. The van der Waals surface area contributed by atoms with Crippen molar-refractivity contribution in [1.29, 1.82) is 5.26 Å². The van der Waals surface area contributed by atoms with Gasteiger partial charge in [-0.25, -0.2) is 8.42 Å². The number of hydrogen-bond acceptors (Lipinski definition) is 6. The maximum Gasteiger partial charge on any atom is 0.243 e. The number of benzene rings is 2. The topological polar surface area (TPSA) is 109 Å². The fraction of sp³-hybridized carbons (Fsp3) is 0.263. The van der Waals surface area contributed by atoms with Crippen LogP contribution in [-0.4, -0.2) is 46.4 Å². The summed E-state index contributed by atoms with van der Waals surface area (Å²) >= 11 is 0. The van der Waals surface area contributed by atoms with Gasteiger partial charge in [0.15, 0.2) is 0 Å². The zero-order valence-electron chi connectivity index (χ0n) is 15.8. The lowest BCUT2D eigenvalue weighted by Crippen LogP contribution is -2.38. The van der Waals surface area contributed by atoms with Crippen LogP contribution in [0, 0.1) is 11.3 Å². The molecular weight excluding hydrogens is 382 g/mol. The van der Waals surface area contributed by atoms with Crippen LogP contribution in [0.15, 0.2) is 47.4 Å². The number of amides is 1. The van der Waals surface area contributed by atoms with Gasteiger partial charge in [-0.15, -0.1) is 0 Å². The second-order valence-electron chi connectivity index (χ2n) is 5.85. The highest BCUT2D eigenvalue weighted by Crippen LogP contribution is 2.23. The number of hydrogen-bond donors (Lipinski definition) is 1. The summed E-state index contributed by atoms with van der Waals surface area (Å²) in [5.41, 5.74) is 1.05. The predicted molar refractivity (Wildman–Crippen MR) is 102 cm³/mol. The third-order valence-corrected chi connectivity index (χ3v) is 5.84. The number of sulfonamides is 1. The zero-order valence-corrected chi connectivity index (χ0v) is 16.6. The summed E-state index contributed by atoms with van der Waals surface area (Å²) in [5, 5.41) is 11.5. The highest BCUT2D eigenvalue weighted by Gasteiger charge is 2.23. The smallest absolute Gasteiger partial charge is 0.243 e. The first-order valence-electron chi connectivity index (χ1n) is 8.26. The summed E-state index contributed by atoms with van der Waals surface area (Å²) in [6, 6.07) is 12.6. The molecule has 0 aliphatic heterocycles. The molecule has 1 amide bonds. The summed E-state index contributed by atoms with van der Waals surface area (Å²) in [6.45, 7) is -0.196. The van der Waals surface area contributed by atoms with Crippen molar-refractivity contribution >= 4 is 15.9 Å². The number of methoxy groups -OCH3 is 2. The van der Waals surface area contributed by atoms with E-state index in [2.05, 4.69) is 5.32 Å². The summed E-state index contributed by atoms with van der Waals surface area (Å²) in [4.78, 5) is 12.2. The number of ether oxygens (including phenoxy) is 2. The fourth-order valence-corrected chi connectivity index (χ4v) is 3.57. The molecule has 0 spiro atoms. The average molecular weight is 403 g/mol. The first kappa shape index (κ1) is 21.2. The number of carbonyl (C=O) groups excluding carboxylic acids is 1. The van der Waals surface area contributed by atoms with E-state index in [1.165, 1.54) is 45.5 Å². The van der Waals surface area contributed by atoms with E-state index in [9.17, 15) is 13.2 Å². The molecule has 1 N–H and O–H groups in total. The second-order valence-corrected chi connectivity index (χ2v) is 7.90. The largest absolute Gasteiger partial charge is 0.497 e. The molecule has 0 aromatic heterocycles. The molecule has 0 saturated carbocycles. The Morgan fingerprint density at radius 2 is 1.82 bits per heavy atom. The minimum Gasteiger partial charge on any atom is -0.497 e. The lowest BCUT2D eigenvalue weighted by Gasteiger charge is -2.17. The van der Waals surface area contributed by atoms with Gasteiger partial charge in [0, 0.05) is 19.2 Å². The second kappa shape index (κ2) is 9.21. The van der Waals surface area contributed by atoms with Crippen molar-refractivity contribution in [2.45, 2.75) is 11.4 Å². The first-order chi connectivity index (χ1) is 13.3. The lowest BCUT2D eigenvalue weighted by molar-refractivity contribution is -0.121. The van der Waals surface area contributed by atoms with E-state index in [0.717, 1.165) is 4.31 Å². The summed E-state index contributed by atoms with van der Waals surface area (Å²) in [5.74, 6) is 0.731. The first-order valence-corrected chi connectivity index (χ1v) is 9.70. The Morgan fingerprint density at radius 3 is 2.39 bits per heavy atom. The maximum absolute atomic E-state index is 12.6. The minimum absolute atomic E-state index is 0.0104. The van der Waals surface area contributed by atoms with E-state index in [1.54, 1.807) is 18.2 Å². The van der Waals surface area contributed by atoms with Gasteiger partial charge in [-0.1, -0.05) is 0 Å². The van der Waals surface area contributed by atoms with Crippen LogP contribution in [0.3, 0.4) is 0 Å². The van der Waals surface area contributed by atoms with Gasteiger partial charge in [0.05, 0.1) is 37.3 Å². The van der Waals surface area contributed by atoms with Gasteiger partial charge in [0.25, 0.3) is 0 Å². The Hall–Kier alpha value is -3.09. The summed E-state index contributed by atoms with van der Waals surface area (Å²) in [7, 11) is 0.525. The van der Waals surface area contributed by atoms with Crippen LogP contribution in [0.2, 0.25) is 0 Å². The Labute approximate surface area is 164 Å². The van der Waals surface area contributed by atoms with Crippen molar-refractivity contribution in [3.8, 4) is 17.6 Å². The number of nitrogens with zero attached hydrogens (tertiary/aromatic N) is 2. The molecule has 0 fully saturated rings. The number of nitrogens with one attached hydrogen (secondary N) is 1. The van der Waals surface area contributed by atoms with Crippen molar-refractivity contribution in [1.82, 2.24) is 9.62 Å². The SMILES string of the molecule is COc1ccc(OC)c(CNC(=O)CN(C)S(=O)(=O)c2ccc(C#N)cc2)c1. The third kappa shape index (κ3) is 5.00. The molecule has 0 bridgehead atoms. The van der Waals surface area contributed by atoms with Crippen molar-refractivity contribution < 1.29 is 22.7 Å². The van der Waals surface area contributed by atoms with Crippen molar-refractivity contribution in [3.63, 3.8) is 0 Å². The number of rotatable bonds is 8. The van der Waals surface area contributed by atoms with E-state index >= 15 is 0 Å². The Morgan fingerprint density at radius 1 is 1.14 bits per heavy atom. The van der Waals surface area contributed by atoms with E-state index in [0.29, 0.717) is 22.6 Å². The normalized spacial score (nSPS) is 11.0. The minimum atomic E-state index is -3.85. The van der Waals surface area contributed by atoms with Crippen LogP contribution in [-0.2, 0) is 21.4 Å². The predicted octanol–water partition coefficient (Wildman–Crippen LogP) is 1.51. The molecule has 0 saturated heterocycles. The van der Waals surface area contributed by atoms with Crippen LogP contribution in [0.4, 0.5) is 0 Å². The molecule has 2 aromatic rings. The van der Waals surface area contributed by atoms with Gasteiger partial charge in [-0.2, -0.15) is 9.57 Å². The van der Waals surface area contributed by atoms with Gasteiger partial charge >= 0.3 is 0 Å². The highest BCUT2D eigenvalue weighted by atomic mass is 32.2. The third-order valence-electron chi connectivity index (χ3n) is 4.02. The van der Waals surface area contributed by atoms with Crippen LogP contribution in [0.5, 0.6) is 11.5 Å². The van der Waals surface area contributed by atoms with Crippen LogP contribution in [0.1, 0.15) is 11.1 Å². The summed E-state index contributed by atoms with van der Waals surface area (Å²) < 4.78 is 36.5. The van der Waals surface area contributed by atoms with E-state index in [4.69, 9.17) is 14.7 Å². The summed E-state index contributed by atoms with van der Waals surface area (Å²) in [6.07, 6.45) is 0. The van der Waals surface area contributed by atoms with E-state index < -0.39 is 15.9 Å². The van der Waals surface area contributed by atoms with Gasteiger partial charge in [0.2, 0.25) is 15.9 Å². The zero-order chi connectivity index (χ0) is 20.7. The van der Waals surface area contributed by atoms with Gasteiger partial charge < -0.3 is 14.8 Å². The van der Waals surface area contributed by atoms with Crippen molar-refractivity contribution in [2.24, 2.45) is 0 Å². The van der Waals surface area contributed by atoms with Crippen LogP contribution in [0.25, 0.3) is 0 Å². The fourth-order valence-electron chi connectivity index (χ4n) is 2.44. The quantitative estimate of drug-likeness (QED) is 0.716. The molecule has 0 aliphatic rings. The van der Waals surface area contributed by atoms with E-state index in [-0.39, 0.29) is 18.0 Å². The standard InChI is InChI=1S/C19H21N3O5S/c1-22(28(24,25)17-7-4-14(11-20)5-8-17)13-19(23)21-12-15-10-16(26-2)6-9-18(15)27-3/h4-10H,12-13H2,1-3H3,(H,21,23).